The lowest BCUT2D eigenvalue weighted by Gasteiger charge is -2.10. The van der Waals surface area contributed by atoms with Crippen LogP contribution in [-0.4, -0.2) is 17.4 Å². The van der Waals surface area contributed by atoms with Crippen LogP contribution in [0.25, 0.3) is 0 Å². The van der Waals surface area contributed by atoms with E-state index < -0.39 is 0 Å². The Hall–Kier alpha value is -0.190. The van der Waals surface area contributed by atoms with Crippen molar-refractivity contribution in [2.24, 2.45) is 5.92 Å². The predicted octanol–water partition coefficient (Wildman–Crippen LogP) is 3.79. The van der Waals surface area contributed by atoms with Crippen LogP contribution in [0.2, 0.25) is 5.02 Å². The highest BCUT2D eigenvalue weighted by Gasteiger charge is 2.23. The van der Waals surface area contributed by atoms with Gasteiger partial charge in [0.15, 0.2) is 0 Å². The van der Waals surface area contributed by atoms with Gasteiger partial charge in [0.1, 0.15) is 0 Å². The van der Waals surface area contributed by atoms with Gasteiger partial charge in [0.05, 0.1) is 5.02 Å². The van der Waals surface area contributed by atoms with Gasteiger partial charge >= 0.3 is 0 Å². The summed E-state index contributed by atoms with van der Waals surface area (Å²) in [4.78, 5) is 11.8. The molecule has 2 nitrogen and oxygen atoms in total. The Morgan fingerprint density at radius 1 is 1.56 bits per heavy atom. The summed E-state index contributed by atoms with van der Waals surface area (Å²) in [5, 5.41) is 3.50. The van der Waals surface area contributed by atoms with E-state index in [0.29, 0.717) is 5.02 Å². The lowest BCUT2D eigenvalue weighted by atomic mass is 10.1. The third kappa shape index (κ3) is 2.93. The molecule has 1 aromatic carbocycles. The van der Waals surface area contributed by atoms with Gasteiger partial charge in [-0.25, -0.2) is 0 Å². The Morgan fingerprint density at radius 2 is 2.38 bits per heavy atom. The van der Waals surface area contributed by atoms with Gasteiger partial charge in [-0.05, 0) is 46.3 Å². The number of hydrogen-bond donors (Lipinski definition) is 1. The number of hydrogen-bond acceptors (Lipinski definition) is 2. The molecule has 1 amide bonds. The minimum Gasteiger partial charge on any atom is -0.326 e. The molecular weight excluding hydrogens is 310 g/mol. The highest BCUT2D eigenvalue weighted by Crippen LogP contribution is 2.27. The SMILES string of the molecule is O=C(Nc1ccc(Br)c(Cl)c1)C1CCSC1. The fourth-order valence-corrected chi connectivity index (χ4v) is 3.21. The second-order valence-electron chi connectivity index (χ2n) is 3.68. The monoisotopic (exact) mass is 319 g/mol. The smallest absolute Gasteiger partial charge is 0.228 e. The van der Waals surface area contributed by atoms with Crippen molar-refractivity contribution in [1.82, 2.24) is 0 Å². The maximum atomic E-state index is 11.8. The molecule has 16 heavy (non-hydrogen) atoms. The van der Waals surface area contributed by atoms with Crippen molar-refractivity contribution in [1.29, 1.82) is 0 Å². The van der Waals surface area contributed by atoms with Crippen LogP contribution in [0.1, 0.15) is 6.42 Å². The number of nitrogens with one attached hydrogen (secondary N) is 1. The average Bonchev–Trinajstić information content (AvgIpc) is 2.77. The molecule has 0 aromatic heterocycles. The molecular formula is C11H11BrClNOS. The third-order valence-corrected chi connectivity index (χ3v) is 4.88. The maximum absolute atomic E-state index is 11.8. The fourth-order valence-electron chi connectivity index (χ4n) is 1.56. The largest absolute Gasteiger partial charge is 0.326 e. The van der Waals surface area contributed by atoms with Crippen LogP contribution in [0.4, 0.5) is 5.69 Å². The molecule has 1 heterocycles. The van der Waals surface area contributed by atoms with E-state index in [4.69, 9.17) is 11.6 Å². The van der Waals surface area contributed by atoms with Gasteiger partial charge in [-0.2, -0.15) is 11.8 Å². The molecule has 1 N–H and O–H groups in total. The lowest BCUT2D eigenvalue weighted by molar-refractivity contribution is -0.119. The van der Waals surface area contributed by atoms with Gasteiger partial charge in [-0.1, -0.05) is 11.6 Å². The number of anilines is 1. The Kier molecular flexibility index (Phi) is 4.16. The Labute approximate surface area is 112 Å². The molecule has 5 heteroatoms. The van der Waals surface area contributed by atoms with E-state index in [2.05, 4.69) is 21.2 Å². The first-order valence-corrected chi connectivity index (χ1v) is 7.33. The van der Waals surface area contributed by atoms with Crippen LogP contribution in [0, 0.1) is 5.92 Å². The number of thioether (sulfide) groups is 1. The molecule has 1 aliphatic heterocycles. The van der Waals surface area contributed by atoms with E-state index >= 15 is 0 Å². The van der Waals surface area contributed by atoms with Crippen LogP contribution in [0.3, 0.4) is 0 Å². The summed E-state index contributed by atoms with van der Waals surface area (Å²) in [6, 6.07) is 5.43. The summed E-state index contributed by atoms with van der Waals surface area (Å²) in [7, 11) is 0. The molecule has 2 rings (SSSR count). The molecule has 1 saturated heterocycles. The molecule has 1 atom stereocenters. The minimum atomic E-state index is 0.100. The van der Waals surface area contributed by atoms with E-state index in [1.807, 2.05) is 23.9 Å². The van der Waals surface area contributed by atoms with E-state index in [-0.39, 0.29) is 11.8 Å². The summed E-state index contributed by atoms with van der Waals surface area (Å²) in [6.45, 7) is 0. The van der Waals surface area contributed by atoms with Gasteiger partial charge in [0.2, 0.25) is 5.91 Å². The molecule has 1 aliphatic rings. The first kappa shape index (κ1) is 12.3. The number of carbonyl (C=O) groups excluding carboxylic acids is 1. The highest BCUT2D eigenvalue weighted by atomic mass is 79.9. The van der Waals surface area contributed by atoms with Crippen molar-refractivity contribution in [3.05, 3.63) is 27.7 Å². The Balaban J connectivity index is 2.02. The van der Waals surface area contributed by atoms with Crippen molar-refractivity contribution in [2.45, 2.75) is 6.42 Å². The molecule has 0 bridgehead atoms. The molecule has 0 spiro atoms. The third-order valence-electron chi connectivity index (χ3n) is 2.49. The first-order chi connectivity index (χ1) is 7.66. The van der Waals surface area contributed by atoms with Crippen LogP contribution in [-0.2, 0) is 4.79 Å². The summed E-state index contributed by atoms with van der Waals surface area (Å²) in [5.41, 5.74) is 0.759. The number of rotatable bonds is 2. The highest BCUT2D eigenvalue weighted by molar-refractivity contribution is 9.10. The van der Waals surface area contributed by atoms with Gasteiger partial charge in [0, 0.05) is 21.8 Å². The average molecular weight is 321 g/mol. The summed E-state index contributed by atoms with van der Waals surface area (Å²) in [6.07, 6.45) is 0.973. The maximum Gasteiger partial charge on any atom is 0.228 e. The van der Waals surface area contributed by atoms with Crippen LogP contribution in [0.5, 0.6) is 0 Å². The normalized spacial score (nSPS) is 19.8. The van der Waals surface area contributed by atoms with Gasteiger partial charge in [-0.15, -0.1) is 0 Å². The summed E-state index contributed by atoms with van der Waals surface area (Å²) < 4.78 is 0.837. The molecule has 0 aliphatic carbocycles. The lowest BCUT2D eigenvalue weighted by Crippen LogP contribution is -2.22. The van der Waals surface area contributed by atoms with Gasteiger partial charge in [-0.3, -0.25) is 4.79 Å². The summed E-state index contributed by atoms with van der Waals surface area (Å²) >= 11 is 11.1. The van der Waals surface area contributed by atoms with E-state index in [1.165, 1.54) is 0 Å². The van der Waals surface area contributed by atoms with E-state index in [0.717, 1.165) is 28.1 Å². The van der Waals surface area contributed by atoms with Crippen molar-refractivity contribution < 1.29 is 4.79 Å². The quantitative estimate of drug-likeness (QED) is 0.898. The summed E-state index contributed by atoms with van der Waals surface area (Å²) in [5.74, 6) is 2.26. The van der Waals surface area contributed by atoms with Gasteiger partial charge in [0.25, 0.3) is 0 Å². The molecule has 1 fully saturated rings. The van der Waals surface area contributed by atoms with Gasteiger partial charge < -0.3 is 5.32 Å². The van der Waals surface area contributed by atoms with Crippen molar-refractivity contribution >= 4 is 50.9 Å². The Bertz CT molecular complexity index is 407. The van der Waals surface area contributed by atoms with E-state index in [1.54, 1.807) is 6.07 Å². The zero-order valence-electron chi connectivity index (χ0n) is 8.50. The predicted molar refractivity (Wildman–Crippen MR) is 73.2 cm³/mol. The fraction of sp³-hybridized carbons (Fsp3) is 0.364. The first-order valence-electron chi connectivity index (χ1n) is 5.00. The standard InChI is InChI=1S/C11H11BrClNOS/c12-9-2-1-8(5-10(9)13)14-11(15)7-3-4-16-6-7/h1-2,5,7H,3-4,6H2,(H,14,15). The molecule has 1 aromatic rings. The number of carbonyl (C=O) groups is 1. The molecule has 1 unspecified atom stereocenters. The van der Waals surface area contributed by atoms with Crippen molar-refractivity contribution in [3.8, 4) is 0 Å². The van der Waals surface area contributed by atoms with E-state index in [9.17, 15) is 4.79 Å². The molecule has 86 valence electrons. The zero-order valence-corrected chi connectivity index (χ0v) is 11.7. The second kappa shape index (κ2) is 5.43. The Morgan fingerprint density at radius 3 is 3.00 bits per heavy atom. The van der Waals surface area contributed by atoms with Crippen molar-refractivity contribution in [2.75, 3.05) is 16.8 Å². The molecule has 0 saturated carbocycles. The van der Waals surface area contributed by atoms with Crippen LogP contribution < -0.4 is 5.32 Å². The van der Waals surface area contributed by atoms with Crippen LogP contribution >= 0.6 is 39.3 Å². The minimum absolute atomic E-state index is 0.100. The number of benzene rings is 1. The number of halogens is 2. The topological polar surface area (TPSA) is 29.1 Å². The zero-order chi connectivity index (χ0) is 11.5. The number of amides is 1. The second-order valence-corrected chi connectivity index (χ2v) is 6.09. The van der Waals surface area contributed by atoms with Crippen molar-refractivity contribution in [3.63, 3.8) is 0 Å². The van der Waals surface area contributed by atoms with Crippen LogP contribution in [0.15, 0.2) is 22.7 Å². The molecule has 0 radical (unpaired) electrons.